The summed E-state index contributed by atoms with van der Waals surface area (Å²) in [5.41, 5.74) is 11.6. The number of Topliss-reactive ketones (excluding diaryl/α,β-unsaturated/α-hetero) is 1. The van der Waals surface area contributed by atoms with Gasteiger partial charge in [0.15, 0.2) is 6.10 Å². The fraction of sp³-hybridized carbons (Fsp3) is 0.500. The minimum absolute atomic E-state index is 0.0134. The predicted octanol–water partition coefficient (Wildman–Crippen LogP) is 1.72. The number of primary amides is 2. The van der Waals surface area contributed by atoms with Gasteiger partial charge < -0.3 is 40.9 Å². The van der Waals surface area contributed by atoms with E-state index >= 15 is 0 Å². The standard InChI is InChI=1S/C30H42N4O9/c1-15-11-19-24(28(31)37)20(34-42-7)14-21(26(19)36)33-29(38)16(2)9-8-10-22(40-5)27(43-30(32)39)18(4)13-17(3)25(35)23(12-15)41-6/h8-10,13-15,17,22-23,25,27,35H,11-12H2,1-7H3,(H2,31,37)(H2,32,39)(H,33,38)/b10-8-,16-9+,18-13+,34-20+/t15-,17+,22+,23+,25-,27+/m1/s1. The third-order valence-electron chi connectivity index (χ3n) is 7.24. The molecule has 0 aromatic carbocycles. The van der Waals surface area contributed by atoms with E-state index in [-0.39, 0.29) is 46.9 Å². The van der Waals surface area contributed by atoms with Crippen molar-refractivity contribution in [3.63, 3.8) is 0 Å². The molecule has 13 heteroatoms. The highest BCUT2D eigenvalue weighted by Gasteiger charge is 2.34. The number of aliphatic hydroxyl groups excluding tert-OH is 1. The van der Waals surface area contributed by atoms with E-state index < -0.39 is 54.0 Å². The molecule has 0 spiro atoms. The van der Waals surface area contributed by atoms with Gasteiger partial charge in [-0.25, -0.2) is 4.79 Å². The van der Waals surface area contributed by atoms with Crippen molar-refractivity contribution in [2.45, 2.75) is 65.0 Å². The van der Waals surface area contributed by atoms with Crippen LogP contribution in [-0.4, -0.2) is 80.3 Å². The second kappa shape index (κ2) is 16.0. The Morgan fingerprint density at radius 3 is 2.33 bits per heavy atom. The van der Waals surface area contributed by atoms with Crippen molar-refractivity contribution in [2.75, 3.05) is 21.3 Å². The van der Waals surface area contributed by atoms with Gasteiger partial charge in [-0.05, 0) is 44.3 Å². The molecule has 0 saturated heterocycles. The summed E-state index contributed by atoms with van der Waals surface area (Å²) in [7, 11) is 4.15. The second-order valence-electron chi connectivity index (χ2n) is 10.6. The van der Waals surface area contributed by atoms with E-state index in [0.717, 1.165) is 0 Å². The summed E-state index contributed by atoms with van der Waals surface area (Å²) >= 11 is 0. The van der Waals surface area contributed by atoms with E-state index in [9.17, 15) is 24.3 Å². The lowest BCUT2D eigenvalue weighted by Crippen LogP contribution is -2.37. The Labute approximate surface area is 251 Å². The van der Waals surface area contributed by atoms with Crippen LogP contribution in [0, 0.1) is 11.8 Å². The molecular weight excluding hydrogens is 560 g/mol. The van der Waals surface area contributed by atoms with Crippen molar-refractivity contribution in [2.24, 2.45) is 28.5 Å². The lowest BCUT2D eigenvalue weighted by molar-refractivity contribution is -0.119. The maximum absolute atomic E-state index is 13.6. The van der Waals surface area contributed by atoms with Crippen molar-refractivity contribution >= 4 is 29.4 Å². The van der Waals surface area contributed by atoms with Gasteiger partial charge in [-0.3, -0.25) is 14.4 Å². The van der Waals surface area contributed by atoms with Gasteiger partial charge in [0.05, 0.1) is 23.5 Å². The van der Waals surface area contributed by atoms with Crippen LogP contribution in [0.2, 0.25) is 0 Å². The van der Waals surface area contributed by atoms with Crippen LogP contribution in [0.5, 0.6) is 0 Å². The zero-order valence-corrected chi connectivity index (χ0v) is 25.6. The Kier molecular flexibility index (Phi) is 13.0. The fourth-order valence-corrected chi connectivity index (χ4v) is 5.04. The normalized spacial score (nSPS) is 32.1. The number of methoxy groups -OCH3 is 2. The molecule has 0 unspecified atom stereocenters. The molecule has 0 saturated carbocycles. The molecule has 0 fully saturated rings. The van der Waals surface area contributed by atoms with Crippen LogP contribution >= 0.6 is 0 Å². The summed E-state index contributed by atoms with van der Waals surface area (Å²) < 4.78 is 16.5. The average molecular weight is 603 g/mol. The number of nitrogens with one attached hydrogen (secondary N) is 1. The smallest absolute Gasteiger partial charge is 0.405 e. The third kappa shape index (κ3) is 9.21. The largest absolute Gasteiger partial charge is 0.439 e. The van der Waals surface area contributed by atoms with Gasteiger partial charge in [-0.15, -0.1) is 0 Å². The number of carbonyl (C=O) groups is 4. The Morgan fingerprint density at radius 2 is 1.77 bits per heavy atom. The van der Waals surface area contributed by atoms with Crippen LogP contribution in [0.15, 0.2) is 63.5 Å². The number of carbonyl (C=O) groups excluding carboxylic acids is 4. The van der Waals surface area contributed by atoms with Gasteiger partial charge in [-0.2, -0.15) is 0 Å². The molecule has 2 aliphatic rings. The Bertz CT molecular complexity index is 1280. The Morgan fingerprint density at radius 1 is 1.09 bits per heavy atom. The summed E-state index contributed by atoms with van der Waals surface area (Å²) in [6.45, 7) is 6.85. The summed E-state index contributed by atoms with van der Waals surface area (Å²) in [6.07, 6.45) is 3.47. The first-order chi connectivity index (χ1) is 20.2. The number of allylic oxidation sites excluding steroid dienone is 4. The second-order valence-corrected chi connectivity index (χ2v) is 10.6. The van der Waals surface area contributed by atoms with Crippen molar-refractivity contribution in [3.8, 4) is 0 Å². The molecular formula is C30H42N4O9. The molecule has 6 atom stereocenters. The molecule has 13 nitrogen and oxygen atoms in total. The van der Waals surface area contributed by atoms with Crippen LogP contribution in [0.25, 0.3) is 0 Å². The van der Waals surface area contributed by atoms with Crippen LogP contribution in [0.4, 0.5) is 4.79 Å². The predicted molar refractivity (Wildman–Crippen MR) is 158 cm³/mol. The zero-order chi connectivity index (χ0) is 32.4. The summed E-state index contributed by atoms with van der Waals surface area (Å²) in [6, 6.07) is 0. The van der Waals surface area contributed by atoms with Crippen molar-refractivity contribution in [3.05, 3.63) is 58.4 Å². The number of oxime groups is 1. The number of hydrogen-bond acceptors (Lipinski definition) is 10. The van der Waals surface area contributed by atoms with Gasteiger partial charge in [0.2, 0.25) is 5.78 Å². The molecule has 2 rings (SSSR count). The molecule has 3 amide bonds. The number of hydrogen-bond donors (Lipinski definition) is 4. The van der Waals surface area contributed by atoms with E-state index in [0.29, 0.717) is 5.57 Å². The highest BCUT2D eigenvalue weighted by atomic mass is 16.6. The third-order valence-corrected chi connectivity index (χ3v) is 7.24. The van der Waals surface area contributed by atoms with Gasteiger partial charge >= 0.3 is 6.09 Å². The number of nitrogens with zero attached hydrogens (tertiary/aromatic N) is 1. The molecule has 1 aliphatic heterocycles. The van der Waals surface area contributed by atoms with Gasteiger partial charge in [0, 0.05) is 31.3 Å². The van der Waals surface area contributed by atoms with Gasteiger partial charge in [-0.1, -0.05) is 43.3 Å². The van der Waals surface area contributed by atoms with E-state index in [1.165, 1.54) is 46.5 Å². The van der Waals surface area contributed by atoms with E-state index in [4.69, 9.17) is 30.5 Å². The van der Waals surface area contributed by atoms with Crippen LogP contribution < -0.4 is 16.8 Å². The fourth-order valence-electron chi connectivity index (χ4n) is 5.04. The van der Waals surface area contributed by atoms with Gasteiger partial charge in [0.1, 0.15) is 18.9 Å². The molecule has 6 N–H and O–H groups in total. The van der Waals surface area contributed by atoms with Crippen LogP contribution in [0.3, 0.4) is 0 Å². The maximum Gasteiger partial charge on any atom is 0.405 e. The summed E-state index contributed by atoms with van der Waals surface area (Å²) in [5.74, 6) is -2.86. The number of fused-ring (bicyclic) bond motifs is 2. The molecule has 0 aromatic heterocycles. The molecule has 236 valence electrons. The number of ketones is 1. The zero-order valence-electron chi connectivity index (χ0n) is 25.6. The Balaban J connectivity index is 2.70. The molecule has 43 heavy (non-hydrogen) atoms. The highest BCUT2D eigenvalue weighted by molar-refractivity contribution is 6.35. The topological polar surface area (TPSA) is 202 Å². The number of nitrogens with two attached hydrogens (primary N) is 2. The average Bonchev–Trinajstić information content (AvgIpc) is 2.94. The number of aliphatic hydroxyl groups is 1. The molecule has 1 aliphatic carbocycles. The highest BCUT2D eigenvalue weighted by Crippen LogP contribution is 2.29. The molecule has 1 heterocycles. The lowest BCUT2D eigenvalue weighted by Gasteiger charge is -2.30. The number of amides is 3. The first-order valence-electron chi connectivity index (χ1n) is 13.7. The lowest BCUT2D eigenvalue weighted by atomic mass is 9.83. The molecule has 2 bridgehead atoms. The van der Waals surface area contributed by atoms with Crippen LogP contribution in [0.1, 0.15) is 40.5 Å². The molecule has 0 aromatic rings. The van der Waals surface area contributed by atoms with Crippen molar-refractivity contribution in [1.29, 1.82) is 0 Å². The maximum atomic E-state index is 13.6. The van der Waals surface area contributed by atoms with Crippen molar-refractivity contribution in [1.82, 2.24) is 5.32 Å². The van der Waals surface area contributed by atoms with E-state index in [1.54, 1.807) is 26.0 Å². The SMILES string of the molecule is CO/N=C1\C=C2NC(=O)/C(C)=C/C=C\[C@H](OC)[C@@H](OC(N)=O)/C(C)=C/[C@H](C)[C@@H](O)[C@@H](OC)C[C@H](C)CC(=C1C(N)=O)C2=O. The quantitative estimate of drug-likeness (QED) is 0.205. The first-order valence-corrected chi connectivity index (χ1v) is 13.7. The van der Waals surface area contributed by atoms with E-state index in [1.807, 2.05) is 6.92 Å². The summed E-state index contributed by atoms with van der Waals surface area (Å²) in [4.78, 5) is 55.8. The van der Waals surface area contributed by atoms with Gasteiger partial charge in [0.25, 0.3) is 11.8 Å². The Hall–Kier alpha value is -4.07. The monoisotopic (exact) mass is 602 g/mol. The van der Waals surface area contributed by atoms with Crippen molar-refractivity contribution < 1.29 is 43.3 Å². The molecule has 0 radical (unpaired) electrons. The van der Waals surface area contributed by atoms with E-state index in [2.05, 4.69) is 10.5 Å². The first kappa shape index (κ1) is 35.1. The minimum atomic E-state index is -1.01. The number of ether oxygens (including phenoxy) is 3. The minimum Gasteiger partial charge on any atom is -0.439 e. The summed E-state index contributed by atoms with van der Waals surface area (Å²) in [5, 5.41) is 17.7. The van der Waals surface area contributed by atoms with Crippen LogP contribution in [-0.2, 0) is 33.4 Å². The number of rotatable bonds is 5.